The van der Waals surface area contributed by atoms with Crippen LogP contribution >= 0.6 is 0 Å². The first-order chi connectivity index (χ1) is 9.29. The van der Waals surface area contributed by atoms with Crippen molar-refractivity contribution in [3.8, 4) is 0 Å². The van der Waals surface area contributed by atoms with Gasteiger partial charge < -0.3 is 5.32 Å². The standard InChI is InChI=1S/C14H16N4O/c1-15-17-10-11-2-4-13(5-3-11)18-14(19)12-6-8-16-9-7-12/h2-9,15,17H,10H2,1H3,(H,18,19). The maximum absolute atomic E-state index is 11.9. The number of hydrazine groups is 1. The van der Waals surface area contributed by atoms with Gasteiger partial charge in [-0.05, 0) is 36.9 Å². The van der Waals surface area contributed by atoms with Crippen LogP contribution in [0, 0.1) is 0 Å². The number of nitrogens with one attached hydrogen (secondary N) is 3. The lowest BCUT2D eigenvalue weighted by Crippen LogP contribution is -2.26. The van der Waals surface area contributed by atoms with Crippen LogP contribution in [-0.2, 0) is 6.54 Å². The minimum Gasteiger partial charge on any atom is -0.322 e. The number of carbonyl (C=O) groups is 1. The minimum absolute atomic E-state index is 0.136. The van der Waals surface area contributed by atoms with Crippen molar-refractivity contribution in [1.29, 1.82) is 0 Å². The molecular weight excluding hydrogens is 240 g/mol. The van der Waals surface area contributed by atoms with Crippen molar-refractivity contribution in [1.82, 2.24) is 15.8 Å². The fourth-order valence-corrected chi connectivity index (χ4v) is 1.60. The van der Waals surface area contributed by atoms with Gasteiger partial charge in [0.25, 0.3) is 5.91 Å². The van der Waals surface area contributed by atoms with Crippen LogP contribution in [0.15, 0.2) is 48.8 Å². The number of anilines is 1. The maximum Gasteiger partial charge on any atom is 0.255 e. The van der Waals surface area contributed by atoms with E-state index in [1.165, 1.54) is 0 Å². The SMILES string of the molecule is CNNCc1ccc(NC(=O)c2ccncc2)cc1. The number of hydrogen-bond acceptors (Lipinski definition) is 4. The molecule has 1 aromatic heterocycles. The highest BCUT2D eigenvalue weighted by Gasteiger charge is 2.04. The summed E-state index contributed by atoms with van der Waals surface area (Å²) in [5.41, 5.74) is 8.37. The highest BCUT2D eigenvalue weighted by molar-refractivity contribution is 6.04. The molecule has 5 nitrogen and oxygen atoms in total. The highest BCUT2D eigenvalue weighted by Crippen LogP contribution is 2.11. The lowest BCUT2D eigenvalue weighted by molar-refractivity contribution is 0.102. The Labute approximate surface area is 112 Å². The van der Waals surface area contributed by atoms with E-state index in [-0.39, 0.29) is 5.91 Å². The first-order valence-electron chi connectivity index (χ1n) is 5.99. The summed E-state index contributed by atoms with van der Waals surface area (Å²) < 4.78 is 0. The first kappa shape index (κ1) is 13.2. The van der Waals surface area contributed by atoms with Gasteiger partial charge in [0.1, 0.15) is 0 Å². The molecule has 5 heteroatoms. The summed E-state index contributed by atoms with van der Waals surface area (Å²) in [5, 5.41) is 2.84. The van der Waals surface area contributed by atoms with Crippen LogP contribution in [0.5, 0.6) is 0 Å². The van der Waals surface area contributed by atoms with Gasteiger partial charge in [0.15, 0.2) is 0 Å². The van der Waals surface area contributed by atoms with E-state index in [4.69, 9.17) is 0 Å². The van der Waals surface area contributed by atoms with Crippen LogP contribution in [0.2, 0.25) is 0 Å². The van der Waals surface area contributed by atoms with E-state index in [0.717, 1.165) is 17.8 Å². The second-order valence-corrected chi connectivity index (χ2v) is 3.99. The highest BCUT2D eigenvalue weighted by atomic mass is 16.1. The largest absolute Gasteiger partial charge is 0.322 e. The molecule has 0 spiro atoms. The number of benzene rings is 1. The molecule has 98 valence electrons. The molecule has 1 amide bonds. The third-order valence-electron chi connectivity index (χ3n) is 2.62. The van der Waals surface area contributed by atoms with Crippen LogP contribution in [0.1, 0.15) is 15.9 Å². The van der Waals surface area contributed by atoms with Gasteiger partial charge in [-0.1, -0.05) is 12.1 Å². The Morgan fingerprint density at radius 1 is 1.11 bits per heavy atom. The zero-order chi connectivity index (χ0) is 13.5. The van der Waals surface area contributed by atoms with Gasteiger partial charge in [-0.3, -0.25) is 20.6 Å². The van der Waals surface area contributed by atoms with Crippen molar-refractivity contribution in [2.75, 3.05) is 12.4 Å². The summed E-state index contributed by atoms with van der Waals surface area (Å²) in [4.78, 5) is 15.8. The quantitative estimate of drug-likeness (QED) is 0.710. The Hall–Kier alpha value is -2.24. The van der Waals surface area contributed by atoms with Gasteiger partial charge in [-0.2, -0.15) is 0 Å². The number of pyridine rings is 1. The van der Waals surface area contributed by atoms with E-state index >= 15 is 0 Å². The third-order valence-corrected chi connectivity index (χ3v) is 2.62. The summed E-state index contributed by atoms with van der Waals surface area (Å²) in [6.07, 6.45) is 3.20. The van der Waals surface area contributed by atoms with E-state index in [1.807, 2.05) is 31.3 Å². The monoisotopic (exact) mass is 256 g/mol. The predicted molar refractivity (Wildman–Crippen MR) is 74.5 cm³/mol. The van der Waals surface area contributed by atoms with Crippen molar-refractivity contribution in [3.63, 3.8) is 0 Å². The molecular formula is C14H16N4O. The van der Waals surface area contributed by atoms with Crippen LogP contribution in [0.3, 0.4) is 0 Å². The normalized spacial score (nSPS) is 10.2. The van der Waals surface area contributed by atoms with Crippen molar-refractivity contribution in [3.05, 3.63) is 59.9 Å². The van der Waals surface area contributed by atoms with E-state index in [2.05, 4.69) is 21.2 Å². The molecule has 3 N–H and O–H groups in total. The molecule has 0 aliphatic carbocycles. The molecule has 0 bridgehead atoms. The Morgan fingerprint density at radius 2 is 1.79 bits per heavy atom. The van der Waals surface area contributed by atoms with Gasteiger partial charge in [-0.15, -0.1) is 0 Å². The topological polar surface area (TPSA) is 66.0 Å². The van der Waals surface area contributed by atoms with Crippen molar-refractivity contribution >= 4 is 11.6 Å². The summed E-state index contributed by atoms with van der Waals surface area (Å²) in [6, 6.07) is 11.1. The molecule has 0 aliphatic heterocycles. The van der Waals surface area contributed by atoms with Gasteiger partial charge in [0, 0.05) is 30.2 Å². The average molecular weight is 256 g/mol. The van der Waals surface area contributed by atoms with E-state index in [0.29, 0.717) is 5.56 Å². The molecule has 0 radical (unpaired) electrons. The Balaban J connectivity index is 1.98. The van der Waals surface area contributed by atoms with Gasteiger partial charge in [0.2, 0.25) is 0 Å². The summed E-state index contributed by atoms with van der Waals surface area (Å²) in [7, 11) is 1.82. The smallest absolute Gasteiger partial charge is 0.255 e. The molecule has 0 aliphatic rings. The second kappa shape index (κ2) is 6.63. The van der Waals surface area contributed by atoms with Crippen LogP contribution in [-0.4, -0.2) is 17.9 Å². The van der Waals surface area contributed by atoms with Crippen LogP contribution in [0.25, 0.3) is 0 Å². The van der Waals surface area contributed by atoms with E-state index in [1.54, 1.807) is 24.5 Å². The molecule has 0 unspecified atom stereocenters. The van der Waals surface area contributed by atoms with Gasteiger partial charge in [0.05, 0.1) is 0 Å². The fourth-order valence-electron chi connectivity index (χ4n) is 1.60. The number of aromatic nitrogens is 1. The summed E-state index contributed by atoms with van der Waals surface area (Å²) in [6.45, 7) is 0.731. The summed E-state index contributed by atoms with van der Waals surface area (Å²) in [5.74, 6) is -0.136. The molecule has 19 heavy (non-hydrogen) atoms. The predicted octanol–water partition coefficient (Wildman–Crippen LogP) is 1.56. The maximum atomic E-state index is 11.9. The van der Waals surface area contributed by atoms with Gasteiger partial charge >= 0.3 is 0 Å². The van der Waals surface area contributed by atoms with E-state index in [9.17, 15) is 4.79 Å². The minimum atomic E-state index is -0.136. The van der Waals surface area contributed by atoms with Crippen LogP contribution in [0.4, 0.5) is 5.69 Å². The molecule has 0 fully saturated rings. The Kier molecular flexibility index (Phi) is 4.60. The third kappa shape index (κ3) is 3.87. The van der Waals surface area contributed by atoms with Crippen molar-refractivity contribution < 1.29 is 4.79 Å². The van der Waals surface area contributed by atoms with Crippen molar-refractivity contribution in [2.24, 2.45) is 0 Å². The fraction of sp³-hybridized carbons (Fsp3) is 0.143. The zero-order valence-electron chi connectivity index (χ0n) is 10.7. The molecule has 1 heterocycles. The average Bonchev–Trinajstić information content (AvgIpc) is 2.47. The number of amides is 1. The lowest BCUT2D eigenvalue weighted by atomic mass is 10.2. The molecule has 0 saturated heterocycles. The van der Waals surface area contributed by atoms with Crippen LogP contribution < -0.4 is 16.2 Å². The Bertz CT molecular complexity index is 525. The number of carbonyl (C=O) groups excluding carboxylic acids is 1. The second-order valence-electron chi connectivity index (χ2n) is 3.99. The number of hydrogen-bond donors (Lipinski definition) is 3. The molecule has 2 aromatic rings. The molecule has 0 saturated carbocycles. The van der Waals surface area contributed by atoms with Crippen molar-refractivity contribution in [2.45, 2.75) is 6.54 Å². The van der Waals surface area contributed by atoms with E-state index < -0.39 is 0 Å². The molecule has 0 atom stereocenters. The number of nitrogens with zero attached hydrogens (tertiary/aromatic N) is 1. The molecule has 2 rings (SSSR count). The lowest BCUT2D eigenvalue weighted by Gasteiger charge is -2.07. The number of rotatable bonds is 5. The molecule has 1 aromatic carbocycles. The summed E-state index contributed by atoms with van der Waals surface area (Å²) >= 11 is 0. The Morgan fingerprint density at radius 3 is 2.42 bits per heavy atom. The zero-order valence-corrected chi connectivity index (χ0v) is 10.7. The van der Waals surface area contributed by atoms with Gasteiger partial charge in [-0.25, -0.2) is 0 Å². The first-order valence-corrected chi connectivity index (χ1v) is 5.99.